The third kappa shape index (κ3) is 4.25. The van der Waals surface area contributed by atoms with E-state index in [9.17, 15) is 4.79 Å². The Kier molecular flexibility index (Phi) is 4.53. The lowest BCUT2D eigenvalue weighted by Crippen LogP contribution is -2.45. The molecule has 2 N–H and O–H groups in total. The molecule has 1 aromatic carbocycles. The summed E-state index contributed by atoms with van der Waals surface area (Å²) in [7, 11) is 0. The van der Waals surface area contributed by atoms with E-state index in [2.05, 4.69) is 34.9 Å². The Hall–Kier alpha value is -1.00. The lowest BCUT2D eigenvalue weighted by molar-refractivity contribution is -0.121. The van der Waals surface area contributed by atoms with E-state index in [-0.39, 0.29) is 11.4 Å². The monoisotopic (exact) mass is 278 g/mol. The van der Waals surface area contributed by atoms with Gasteiger partial charge < -0.3 is 10.6 Å². The van der Waals surface area contributed by atoms with Crippen molar-refractivity contribution in [1.29, 1.82) is 0 Å². The number of carbonyl (C=O) groups excluding carboxylic acids is 1. The molecule has 1 unspecified atom stereocenters. The lowest BCUT2D eigenvalue weighted by Gasteiger charge is -2.21. The first-order valence-electron chi connectivity index (χ1n) is 6.69. The SMILES string of the molecule is CC(C)(C)NC(=O)CNCC1CSc2ccccc21. The molecule has 1 heterocycles. The fraction of sp³-hybridized carbons (Fsp3) is 0.533. The molecule has 19 heavy (non-hydrogen) atoms. The van der Waals surface area contributed by atoms with Gasteiger partial charge in [0.25, 0.3) is 0 Å². The zero-order valence-corrected chi connectivity index (χ0v) is 12.6. The van der Waals surface area contributed by atoms with Crippen LogP contribution in [-0.2, 0) is 4.79 Å². The van der Waals surface area contributed by atoms with Crippen LogP contribution in [-0.4, -0.2) is 30.3 Å². The van der Waals surface area contributed by atoms with E-state index in [1.165, 1.54) is 10.5 Å². The van der Waals surface area contributed by atoms with Crippen LogP contribution >= 0.6 is 11.8 Å². The quantitative estimate of drug-likeness (QED) is 0.888. The van der Waals surface area contributed by atoms with E-state index in [1.54, 1.807) is 0 Å². The lowest BCUT2D eigenvalue weighted by atomic mass is 10.0. The summed E-state index contributed by atoms with van der Waals surface area (Å²) in [6.07, 6.45) is 0. The summed E-state index contributed by atoms with van der Waals surface area (Å²) in [5.41, 5.74) is 1.26. The van der Waals surface area contributed by atoms with Crippen molar-refractivity contribution in [3.05, 3.63) is 29.8 Å². The van der Waals surface area contributed by atoms with Gasteiger partial charge >= 0.3 is 0 Å². The highest BCUT2D eigenvalue weighted by Crippen LogP contribution is 2.38. The Labute approximate surface area is 119 Å². The van der Waals surface area contributed by atoms with Gasteiger partial charge in [-0.3, -0.25) is 4.79 Å². The Morgan fingerprint density at radius 1 is 1.37 bits per heavy atom. The number of nitrogens with one attached hydrogen (secondary N) is 2. The van der Waals surface area contributed by atoms with Crippen LogP contribution in [0.5, 0.6) is 0 Å². The van der Waals surface area contributed by atoms with E-state index in [1.807, 2.05) is 32.5 Å². The Balaban J connectivity index is 1.77. The Morgan fingerprint density at radius 3 is 2.84 bits per heavy atom. The van der Waals surface area contributed by atoms with Gasteiger partial charge in [0.2, 0.25) is 5.91 Å². The molecular weight excluding hydrogens is 256 g/mol. The van der Waals surface area contributed by atoms with Crippen LogP contribution < -0.4 is 10.6 Å². The maximum Gasteiger partial charge on any atom is 0.234 e. The molecule has 4 heteroatoms. The second-order valence-corrected chi connectivity index (χ2v) is 7.04. The van der Waals surface area contributed by atoms with Gasteiger partial charge in [0.1, 0.15) is 0 Å². The van der Waals surface area contributed by atoms with Crippen molar-refractivity contribution in [2.24, 2.45) is 0 Å². The van der Waals surface area contributed by atoms with Gasteiger partial charge in [-0.1, -0.05) is 18.2 Å². The predicted octanol–water partition coefficient (Wildman–Crippen LogP) is 2.38. The molecule has 0 aliphatic carbocycles. The van der Waals surface area contributed by atoms with Crippen LogP contribution in [0.3, 0.4) is 0 Å². The van der Waals surface area contributed by atoms with Crippen LogP contribution in [0, 0.1) is 0 Å². The number of carbonyl (C=O) groups is 1. The number of hydrogen-bond donors (Lipinski definition) is 2. The number of amides is 1. The van der Waals surface area contributed by atoms with Crippen LogP contribution in [0.25, 0.3) is 0 Å². The van der Waals surface area contributed by atoms with Gasteiger partial charge in [-0.25, -0.2) is 0 Å². The maximum atomic E-state index is 11.7. The van der Waals surface area contributed by atoms with Crippen molar-refractivity contribution in [2.45, 2.75) is 37.1 Å². The van der Waals surface area contributed by atoms with Crippen LogP contribution in [0.15, 0.2) is 29.2 Å². The average Bonchev–Trinajstić information content (AvgIpc) is 2.70. The van der Waals surface area contributed by atoms with Crippen molar-refractivity contribution in [1.82, 2.24) is 10.6 Å². The van der Waals surface area contributed by atoms with Crippen molar-refractivity contribution < 1.29 is 4.79 Å². The first-order valence-corrected chi connectivity index (χ1v) is 7.68. The predicted molar refractivity (Wildman–Crippen MR) is 80.7 cm³/mol. The standard InChI is InChI=1S/C15H22N2OS/c1-15(2,3)17-14(18)9-16-8-11-10-19-13-7-5-4-6-12(11)13/h4-7,11,16H,8-10H2,1-3H3,(H,17,18). The number of fused-ring (bicyclic) bond motifs is 1. The fourth-order valence-electron chi connectivity index (χ4n) is 2.22. The molecule has 1 aromatic rings. The fourth-order valence-corrected chi connectivity index (χ4v) is 3.47. The van der Waals surface area contributed by atoms with Crippen molar-refractivity contribution >= 4 is 17.7 Å². The molecule has 1 aliphatic heterocycles. The summed E-state index contributed by atoms with van der Waals surface area (Å²) < 4.78 is 0. The van der Waals surface area contributed by atoms with Gasteiger partial charge in [-0.15, -0.1) is 11.8 Å². The number of benzene rings is 1. The third-order valence-electron chi connectivity index (χ3n) is 2.99. The second kappa shape index (κ2) is 5.97. The van der Waals surface area contributed by atoms with Crippen molar-refractivity contribution in [2.75, 3.05) is 18.8 Å². The summed E-state index contributed by atoms with van der Waals surface area (Å²) in [5, 5.41) is 6.22. The van der Waals surface area contributed by atoms with Crippen molar-refractivity contribution in [3.8, 4) is 0 Å². The van der Waals surface area contributed by atoms with Gasteiger partial charge in [0, 0.05) is 28.6 Å². The van der Waals surface area contributed by atoms with Crippen LogP contribution in [0.4, 0.5) is 0 Å². The zero-order valence-electron chi connectivity index (χ0n) is 11.8. The minimum atomic E-state index is -0.158. The molecule has 1 atom stereocenters. The first kappa shape index (κ1) is 14.4. The molecule has 0 fully saturated rings. The van der Waals surface area contributed by atoms with Crippen molar-refractivity contribution in [3.63, 3.8) is 0 Å². The average molecular weight is 278 g/mol. The van der Waals surface area contributed by atoms with E-state index < -0.39 is 0 Å². The highest BCUT2D eigenvalue weighted by Gasteiger charge is 2.22. The van der Waals surface area contributed by atoms with E-state index >= 15 is 0 Å². The van der Waals surface area contributed by atoms with Gasteiger partial charge in [-0.2, -0.15) is 0 Å². The molecule has 0 aromatic heterocycles. The van der Waals surface area contributed by atoms with E-state index in [0.717, 1.165) is 12.3 Å². The molecule has 0 saturated carbocycles. The molecule has 0 saturated heterocycles. The normalized spacial score (nSPS) is 18.2. The Morgan fingerprint density at radius 2 is 2.11 bits per heavy atom. The number of rotatable bonds is 4. The minimum Gasteiger partial charge on any atom is -0.350 e. The van der Waals surface area contributed by atoms with Crippen LogP contribution in [0.1, 0.15) is 32.3 Å². The topological polar surface area (TPSA) is 41.1 Å². The maximum absolute atomic E-state index is 11.7. The summed E-state index contributed by atoms with van der Waals surface area (Å²) in [5.74, 6) is 1.68. The largest absolute Gasteiger partial charge is 0.350 e. The highest BCUT2D eigenvalue weighted by atomic mass is 32.2. The summed E-state index contributed by atoms with van der Waals surface area (Å²) in [4.78, 5) is 13.1. The molecule has 3 nitrogen and oxygen atoms in total. The molecular formula is C15H22N2OS. The smallest absolute Gasteiger partial charge is 0.234 e. The van der Waals surface area contributed by atoms with E-state index in [4.69, 9.17) is 0 Å². The number of thioether (sulfide) groups is 1. The Bertz CT molecular complexity index is 454. The molecule has 2 rings (SSSR count). The number of hydrogen-bond acceptors (Lipinski definition) is 3. The first-order chi connectivity index (χ1) is 8.96. The van der Waals surface area contributed by atoms with Crippen LogP contribution in [0.2, 0.25) is 0 Å². The zero-order chi connectivity index (χ0) is 13.9. The van der Waals surface area contributed by atoms with E-state index in [0.29, 0.717) is 12.5 Å². The molecule has 0 radical (unpaired) electrons. The summed E-state index contributed by atoms with van der Waals surface area (Å²) in [6.45, 7) is 7.24. The summed E-state index contributed by atoms with van der Waals surface area (Å²) in [6, 6.07) is 8.53. The van der Waals surface area contributed by atoms with Gasteiger partial charge in [0.15, 0.2) is 0 Å². The second-order valence-electron chi connectivity index (χ2n) is 5.97. The minimum absolute atomic E-state index is 0.0615. The van der Waals surface area contributed by atoms with Gasteiger partial charge in [-0.05, 0) is 32.4 Å². The van der Waals surface area contributed by atoms with Gasteiger partial charge in [0.05, 0.1) is 6.54 Å². The molecule has 1 amide bonds. The molecule has 1 aliphatic rings. The molecule has 0 bridgehead atoms. The third-order valence-corrected chi connectivity index (χ3v) is 4.24. The molecule has 0 spiro atoms. The molecule has 104 valence electrons. The highest BCUT2D eigenvalue weighted by molar-refractivity contribution is 7.99. The summed E-state index contributed by atoms with van der Waals surface area (Å²) >= 11 is 1.90.